The Labute approximate surface area is 189 Å². The number of ether oxygens (including phenoxy) is 2. The highest BCUT2D eigenvalue weighted by Gasteiger charge is 2.33. The third-order valence-corrected chi connectivity index (χ3v) is 5.74. The van der Waals surface area contributed by atoms with Gasteiger partial charge in [0.25, 0.3) is 11.6 Å². The molecule has 0 atom stereocenters. The predicted molar refractivity (Wildman–Crippen MR) is 120 cm³/mol. The van der Waals surface area contributed by atoms with Crippen molar-refractivity contribution in [2.45, 2.75) is 0 Å². The summed E-state index contributed by atoms with van der Waals surface area (Å²) in [5.74, 6) is -0.504. The molecule has 11 heteroatoms. The molecule has 2 aromatic carbocycles. The number of nitro groups is 1. The standard InChI is InChI=1S/C19H13BrN2O6S2/c1-27-17(23)10-28-15-7-2-12(20)8-11(15)9-16-18(24)21(19(29)30-16)13-3-5-14(6-4-13)22(25)26/h2-9H,10H2,1H3/b16-9-. The zero-order valence-electron chi connectivity index (χ0n) is 15.4. The molecule has 0 unspecified atom stereocenters. The summed E-state index contributed by atoms with van der Waals surface area (Å²) < 4.78 is 11.1. The van der Waals surface area contributed by atoms with Crippen LogP contribution >= 0.6 is 39.9 Å². The molecule has 1 saturated heterocycles. The number of hydrogen-bond donors (Lipinski definition) is 0. The van der Waals surface area contributed by atoms with E-state index in [0.717, 1.165) is 16.2 Å². The fourth-order valence-electron chi connectivity index (χ4n) is 2.51. The van der Waals surface area contributed by atoms with Crippen LogP contribution in [-0.4, -0.2) is 34.8 Å². The predicted octanol–water partition coefficient (Wildman–Crippen LogP) is 4.31. The number of non-ortho nitro benzene ring substituents is 1. The van der Waals surface area contributed by atoms with E-state index in [2.05, 4.69) is 20.7 Å². The number of amides is 1. The minimum Gasteiger partial charge on any atom is -0.481 e. The Morgan fingerprint density at radius 3 is 2.63 bits per heavy atom. The maximum Gasteiger partial charge on any atom is 0.343 e. The van der Waals surface area contributed by atoms with Crippen LogP contribution < -0.4 is 9.64 Å². The second-order valence-corrected chi connectivity index (χ2v) is 8.43. The van der Waals surface area contributed by atoms with E-state index in [4.69, 9.17) is 17.0 Å². The van der Waals surface area contributed by atoms with E-state index < -0.39 is 10.9 Å². The van der Waals surface area contributed by atoms with Gasteiger partial charge in [-0.15, -0.1) is 0 Å². The summed E-state index contributed by atoms with van der Waals surface area (Å²) in [6.07, 6.45) is 1.61. The van der Waals surface area contributed by atoms with E-state index in [0.29, 0.717) is 26.2 Å². The van der Waals surface area contributed by atoms with Crippen LogP contribution in [0.5, 0.6) is 5.75 Å². The van der Waals surface area contributed by atoms with Crippen molar-refractivity contribution < 1.29 is 24.0 Å². The first-order valence-corrected chi connectivity index (χ1v) is 10.3. The van der Waals surface area contributed by atoms with Crippen molar-refractivity contribution in [3.8, 4) is 5.75 Å². The lowest BCUT2D eigenvalue weighted by Crippen LogP contribution is -2.27. The number of carbonyl (C=O) groups is 2. The van der Waals surface area contributed by atoms with Crippen molar-refractivity contribution >= 4 is 73.6 Å². The molecule has 0 bridgehead atoms. The monoisotopic (exact) mass is 508 g/mol. The highest BCUT2D eigenvalue weighted by atomic mass is 79.9. The van der Waals surface area contributed by atoms with Gasteiger partial charge in [-0.25, -0.2) is 4.79 Å². The largest absolute Gasteiger partial charge is 0.481 e. The lowest BCUT2D eigenvalue weighted by atomic mass is 10.2. The fourth-order valence-corrected chi connectivity index (χ4v) is 4.18. The first kappa shape index (κ1) is 21.9. The Kier molecular flexibility index (Phi) is 6.85. The summed E-state index contributed by atoms with van der Waals surface area (Å²) in [7, 11) is 1.26. The molecule has 0 saturated carbocycles. The SMILES string of the molecule is COC(=O)COc1ccc(Br)cc1/C=C1\SC(=S)N(c2ccc([N+](=O)[O-])cc2)C1=O. The minimum absolute atomic E-state index is 0.0822. The average Bonchev–Trinajstić information content (AvgIpc) is 3.00. The molecule has 0 aliphatic carbocycles. The summed E-state index contributed by atoms with van der Waals surface area (Å²) in [5, 5.41) is 10.8. The second-order valence-electron chi connectivity index (χ2n) is 5.84. The first-order chi connectivity index (χ1) is 14.3. The molecular formula is C19H13BrN2O6S2. The molecule has 0 spiro atoms. The number of carbonyl (C=O) groups excluding carboxylic acids is 2. The van der Waals surface area contributed by atoms with Gasteiger partial charge in [0.05, 0.1) is 22.6 Å². The molecule has 30 heavy (non-hydrogen) atoms. The number of methoxy groups -OCH3 is 1. The zero-order chi connectivity index (χ0) is 21.8. The average molecular weight is 509 g/mol. The molecule has 1 fully saturated rings. The first-order valence-electron chi connectivity index (χ1n) is 8.31. The van der Waals surface area contributed by atoms with Crippen molar-refractivity contribution in [3.63, 3.8) is 0 Å². The maximum absolute atomic E-state index is 12.9. The maximum atomic E-state index is 12.9. The van der Waals surface area contributed by atoms with E-state index in [1.807, 2.05) is 0 Å². The molecule has 3 rings (SSSR count). The number of anilines is 1. The Bertz CT molecular complexity index is 1070. The number of halogens is 1. The smallest absolute Gasteiger partial charge is 0.343 e. The Morgan fingerprint density at radius 1 is 1.30 bits per heavy atom. The molecule has 1 aliphatic rings. The molecule has 154 valence electrons. The van der Waals surface area contributed by atoms with Crippen molar-refractivity contribution in [1.82, 2.24) is 0 Å². The molecule has 1 heterocycles. The molecular weight excluding hydrogens is 496 g/mol. The zero-order valence-corrected chi connectivity index (χ0v) is 18.6. The molecule has 0 aromatic heterocycles. The van der Waals surface area contributed by atoms with E-state index >= 15 is 0 Å². The van der Waals surface area contributed by atoms with Gasteiger partial charge in [-0.1, -0.05) is 39.9 Å². The number of thiocarbonyl (C=S) groups is 1. The van der Waals surface area contributed by atoms with Crippen molar-refractivity contribution in [2.24, 2.45) is 0 Å². The van der Waals surface area contributed by atoms with Crippen molar-refractivity contribution in [2.75, 3.05) is 18.6 Å². The van der Waals surface area contributed by atoms with Crippen molar-refractivity contribution in [1.29, 1.82) is 0 Å². The lowest BCUT2D eigenvalue weighted by Gasteiger charge is -2.14. The van der Waals surface area contributed by atoms with Gasteiger partial charge in [0.15, 0.2) is 10.9 Å². The third kappa shape index (κ3) is 4.86. The second kappa shape index (κ2) is 9.37. The molecule has 1 amide bonds. The Balaban J connectivity index is 1.89. The van der Waals surface area contributed by atoms with Crippen LogP contribution in [0.25, 0.3) is 6.08 Å². The van der Waals surface area contributed by atoms with Crippen LogP contribution in [0.2, 0.25) is 0 Å². The van der Waals surface area contributed by atoms with Gasteiger partial charge in [0.1, 0.15) is 5.75 Å². The van der Waals surface area contributed by atoms with E-state index in [1.165, 1.54) is 36.3 Å². The van der Waals surface area contributed by atoms with Gasteiger partial charge in [-0.2, -0.15) is 0 Å². The number of nitro benzene ring substituents is 1. The summed E-state index contributed by atoms with van der Waals surface area (Å²) in [5.41, 5.74) is 0.918. The van der Waals surface area contributed by atoms with Crippen LogP contribution in [0.4, 0.5) is 11.4 Å². The van der Waals surface area contributed by atoms with E-state index in [9.17, 15) is 19.7 Å². The van der Waals surface area contributed by atoms with Gasteiger partial charge in [-0.05, 0) is 36.4 Å². The fraction of sp³-hybridized carbons (Fsp3) is 0.105. The Hall–Kier alpha value is -2.76. The molecule has 1 aliphatic heterocycles. The van der Waals surface area contributed by atoms with Gasteiger partial charge >= 0.3 is 5.97 Å². The van der Waals surface area contributed by atoms with Gasteiger partial charge < -0.3 is 9.47 Å². The Morgan fingerprint density at radius 2 is 2.00 bits per heavy atom. The summed E-state index contributed by atoms with van der Waals surface area (Å²) >= 11 is 9.80. The number of benzene rings is 2. The van der Waals surface area contributed by atoms with Gasteiger partial charge in [0.2, 0.25) is 0 Å². The van der Waals surface area contributed by atoms with Crippen LogP contribution in [0, 0.1) is 10.1 Å². The van der Waals surface area contributed by atoms with Crippen LogP contribution in [0.15, 0.2) is 51.8 Å². The summed E-state index contributed by atoms with van der Waals surface area (Å²) in [6.45, 7) is -0.275. The van der Waals surface area contributed by atoms with Crippen molar-refractivity contribution in [3.05, 3.63) is 67.5 Å². The highest BCUT2D eigenvalue weighted by Crippen LogP contribution is 2.38. The number of nitrogens with zero attached hydrogens (tertiary/aromatic N) is 2. The highest BCUT2D eigenvalue weighted by molar-refractivity contribution is 9.10. The van der Waals surface area contributed by atoms with Gasteiger partial charge in [0, 0.05) is 22.2 Å². The van der Waals surface area contributed by atoms with Crippen LogP contribution in [-0.2, 0) is 14.3 Å². The number of hydrogen-bond acceptors (Lipinski definition) is 8. The molecule has 2 aromatic rings. The van der Waals surface area contributed by atoms with Crippen LogP contribution in [0.3, 0.4) is 0 Å². The van der Waals surface area contributed by atoms with E-state index in [-0.39, 0.29) is 18.2 Å². The number of thioether (sulfide) groups is 1. The summed E-state index contributed by atoms with van der Waals surface area (Å²) in [6, 6.07) is 10.7. The van der Waals surface area contributed by atoms with Crippen LogP contribution in [0.1, 0.15) is 5.56 Å². The van der Waals surface area contributed by atoms with E-state index in [1.54, 1.807) is 24.3 Å². The topological polar surface area (TPSA) is 99.0 Å². The number of rotatable bonds is 6. The molecule has 0 radical (unpaired) electrons. The quantitative estimate of drug-likeness (QED) is 0.187. The third-order valence-electron chi connectivity index (χ3n) is 3.94. The summed E-state index contributed by atoms with van der Waals surface area (Å²) in [4.78, 5) is 36.3. The normalized spacial score (nSPS) is 14.9. The molecule has 0 N–H and O–H groups in total. The number of esters is 1. The van der Waals surface area contributed by atoms with Gasteiger partial charge in [-0.3, -0.25) is 19.8 Å². The lowest BCUT2D eigenvalue weighted by molar-refractivity contribution is -0.384. The molecule has 8 nitrogen and oxygen atoms in total. The minimum atomic E-state index is -0.534.